The smallest absolute Gasteiger partial charge is 0.251 e. The van der Waals surface area contributed by atoms with Gasteiger partial charge in [-0.2, -0.15) is 0 Å². The Morgan fingerprint density at radius 1 is 1.07 bits per heavy atom. The first kappa shape index (κ1) is 20.9. The van der Waals surface area contributed by atoms with E-state index in [0.29, 0.717) is 18.0 Å². The third-order valence-corrected chi connectivity index (χ3v) is 5.42. The van der Waals surface area contributed by atoms with Crippen LogP contribution in [0.1, 0.15) is 34.3 Å². The third kappa shape index (κ3) is 5.57. The van der Waals surface area contributed by atoms with Crippen LogP contribution in [0.4, 0.5) is 0 Å². The van der Waals surface area contributed by atoms with Gasteiger partial charge < -0.3 is 20.3 Å². The predicted octanol–water partition coefficient (Wildman–Crippen LogP) is 2.38. The Hall–Kier alpha value is -2.86. The first-order valence-electron chi connectivity index (χ1n) is 10.0. The van der Waals surface area contributed by atoms with Gasteiger partial charge in [0.05, 0.1) is 13.5 Å². The van der Waals surface area contributed by atoms with Gasteiger partial charge in [-0.05, 0) is 36.6 Å². The molecule has 2 N–H and O–H groups in total. The molecular weight excluding hydrogens is 366 g/mol. The van der Waals surface area contributed by atoms with E-state index in [0.717, 1.165) is 49.4 Å². The van der Waals surface area contributed by atoms with Crippen molar-refractivity contribution < 1.29 is 14.3 Å². The molecule has 0 bridgehead atoms. The van der Waals surface area contributed by atoms with Gasteiger partial charge in [-0.25, -0.2) is 0 Å². The molecule has 0 unspecified atom stereocenters. The molecule has 1 heterocycles. The summed E-state index contributed by atoms with van der Waals surface area (Å²) in [4.78, 5) is 26.2. The maximum absolute atomic E-state index is 12.7. The Balaban J connectivity index is 1.44. The number of carbonyl (C=O) groups is 2. The molecule has 0 saturated carbocycles. The second-order valence-corrected chi connectivity index (χ2v) is 7.30. The highest BCUT2D eigenvalue weighted by atomic mass is 16.5. The Bertz CT molecular complexity index is 828. The van der Waals surface area contributed by atoms with Crippen molar-refractivity contribution >= 4 is 11.8 Å². The van der Waals surface area contributed by atoms with Crippen molar-refractivity contribution in [3.05, 3.63) is 65.2 Å². The second-order valence-electron chi connectivity index (χ2n) is 7.30. The van der Waals surface area contributed by atoms with Gasteiger partial charge in [-0.15, -0.1) is 0 Å². The fourth-order valence-electron chi connectivity index (χ4n) is 3.64. The van der Waals surface area contributed by atoms with E-state index in [4.69, 9.17) is 4.74 Å². The van der Waals surface area contributed by atoms with Crippen molar-refractivity contribution in [3.63, 3.8) is 0 Å². The molecule has 1 aliphatic heterocycles. The standard InChI is InChI=1S/C23H29N3O3/c1-24-23(28)18-9-7-17(8-10-18)16-25-20-11-13-26(14-12-20)22(27)15-19-5-3-4-6-21(19)29-2/h3-10,20,25H,11-16H2,1-2H3,(H,24,28). The number of hydrogen-bond donors (Lipinski definition) is 2. The molecule has 1 fully saturated rings. The quantitative estimate of drug-likeness (QED) is 0.755. The SMILES string of the molecule is CNC(=O)c1ccc(CNC2CCN(C(=O)Cc3ccccc3OC)CC2)cc1. The molecule has 29 heavy (non-hydrogen) atoms. The van der Waals surface area contributed by atoms with Gasteiger partial charge in [-0.1, -0.05) is 30.3 Å². The molecule has 0 radical (unpaired) electrons. The van der Waals surface area contributed by atoms with Gasteiger partial charge in [0.1, 0.15) is 5.75 Å². The zero-order valence-corrected chi connectivity index (χ0v) is 17.1. The fourth-order valence-corrected chi connectivity index (χ4v) is 3.64. The van der Waals surface area contributed by atoms with Crippen molar-refractivity contribution in [1.29, 1.82) is 0 Å². The van der Waals surface area contributed by atoms with Gasteiger partial charge in [0, 0.05) is 43.9 Å². The molecule has 2 amide bonds. The van der Waals surface area contributed by atoms with E-state index in [1.807, 2.05) is 53.4 Å². The van der Waals surface area contributed by atoms with Crippen LogP contribution in [-0.4, -0.2) is 50.0 Å². The lowest BCUT2D eigenvalue weighted by Gasteiger charge is -2.32. The molecule has 2 aromatic carbocycles. The van der Waals surface area contributed by atoms with E-state index < -0.39 is 0 Å². The number of para-hydroxylation sites is 1. The minimum atomic E-state index is -0.0744. The van der Waals surface area contributed by atoms with Crippen molar-refractivity contribution in [2.24, 2.45) is 0 Å². The summed E-state index contributed by atoms with van der Waals surface area (Å²) in [7, 11) is 3.26. The number of amides is 2. The minimum absolute atomic E-state index is 0.0744. The van der Waals surface area contributed by atoms with Crippen molar-refractivity contribution in [2.75, 3.05) is 27.2 Å². The van der Waals surface area contributed by atoms with Crippen LogP contribution in [0.25, 0.3) is 0 Å². The number of methoxy groups -OCH3 is 1. The molecule has 0 spiro atoms. The Morgan fingerprint density at radius 2 is 1.76 bits per heavy atom. The third-order valence-electron chi connectivity index (χ3n) is 5.42. The van der Waals surface area contributed by atoms with Gasteiger partial charge in [0.15, 0.2) is 0 Å². The Labute approximate surface area is 172 Å². The molecule has 2 aromatic rings. The van der Waals surface area contributed by atoms with Crippen LogP contribution in [0.5, 0.6) is 5.75 Å². The number of nitrogens with zero attached hydrogens (tertiary/aromatic N) is 1. The van der Waals surface area contributed by atoms with Crippen LogP contribution >= 0.6 is 0 Å². The maximum Gasteiger partial charge on any atom is 0.251 e. The van der Waals surface area contributed by atoms with E-state index in [-0.39, 0.29) is 11.8 Å². The number of likely N-dealkylation sites (tertiary alicyclic amines) is 1. The predicted molar refractivity (Wildman–Crippen MR) is 113 cm³/mol. The molecule has 1 aliphatic rings. The summed E-state index contributed by atoms with van der Waals surface area (Å²) in [6, 6.07) is 15.7. The number of ether oxygens (including phenoxy) is 1. The first-order chi connectivity index (χ1) is 14.1. The molecule has 1 saturated heterocycles. The van der Waals surface area contributed by atoms with Gasteiger partial charge in [0.25, 0.3) is 5.91 Å². The average Bonchev–Trinajstić information content (AvgIpc) is 2.78. The summed E-state index contributed by atoms with van der Waals surface area (Å²) < 4.78 is 5.35. The number of hydrogen-bond acceptors (Lipinski definition) is 4. The van der Waals surface area contributed by atoms with Crippen molar-refractivity contribution in [1.82, 2.24) is 15.5 Å². The van der Waals surface area contributed by atoms with Crippen LogP contribution in [0.2, 0.25) is 0 Å². The van der Waals surface area contributed by atoms with Crippen LogP contribution in [0, 0.1) is 0 Å². The summed E-state index contributed by atoms with van der Waals surface area (Å²) in [5.41, 5.74) is 2.74. The number of benzene rings is 2. The first-order valence-corrected chi connectivity index (χ1v) is 10.0. The Morgan fingerprint density at radius 3 is 2.41 bits per heavy atom. The monoisotopic (exact) mass is 395 g/mol. The maximum atomic E-state index is 12.7. The molecule has 0 aliphatic carbocycles. The summed E-state index contributed by atoms with van der Waals surface area (Å²) >= 11 is 0. The van der Waals surface area contributed by atoms with Gasteiger partial charge in [-0.3, -0.25) is 9.59 Å². The molecule has 3 rings (SSSR count). The van der Waals surface area contributed by atoms with E-state index in [2.05, 4.69) is 10.6 Å². The second kappa shape index (κ2) is 10.1. The topological polar surface area (TPSA) is 70.7 Å². The van der Waals surface area contributed by atoms with Crippen LogP contribution < -0.4 is 15.4 Å². The number of rotatable bonds is 7. The summed E-state index contributed by atoms with van der Waals surface area (Å²) in [5.74, 6) is 0.840. The van der Waals surface area contributed by atoms with E-state index in [1.54, 1.807) is 14.2 Å². The van der Waals surface area contributed by atoms with Crippen LogP contribution in [-0.2, 0) is 17.8 Å². The summed E-state index contributed by atoms with van der Waals surface area (Å²) in [6.45, 7) is 2.29. The van der Waals surface area contributed by atoms with E-state index >= 15 is 0 Å². The zero-order valence-electron chi connectivity index (χ0n) is 17.1. The van der Waals surface area contributed by atoms with Crippen molar-refractivity contribution in [3.8, 4) is 5.75 Å². The summed E-state index contributed by atoms with van der Waals surface area (Å²) in [5, 5.41) is 6.19. The molecular formula is C23H29N3O3. The average molecular weight is 396 g/mol. The van der Waals surface area contributed by atoms with E-state index in [1.165, 1.54) is 0 Å². The largest absolute Gasteiger partial charge is 0.496 e. The van der Waals surface area contributed by atoms with Gasteiger partial charge in [0.2, 0.25) is 5.91 Å². The molecule has 6 nitrogen and oxygen atoms in total. The van der Waals surface area contributed by atoms with Gasteiger partial charge >= 0.3 is 0 Å². The lowest BCUT2D eigenvalue weighted by atomic mass is 10.0. The van der Waals surface area contributed by atoms with Crippen LogP contribution in [0.3, 0.4) is 0 Å². The highest BCUT2D eigenvalue weighted by molar-refractivity contribution is 5.93. The molecule has 6 heteroatoms. The van der Waals surface area contributed by atoms with Crippen molar-refractivity contribution in [2.45, 2.75) is 31.8 Å². The fraction of sp³-hybridized carbons (Fsp3) is 0.391. The molecule has 154 valence electrons. The summed E-state index contributed by atoms with van der Waals surface area (Å²) in [6.07, 6.45) is 2.25. The highest BCUT2D eigenvalue weighted by Gasteiger charge is 2.23. The van der Waals surface area contributed by atoms with Crippen LogP contribution in [0.15, 0.2) is 48.5 Å². The molecule has 0 aromatic heterocycles. The zero-order chi connectivity index (χ0) is 20.6. The number of carbonyl (C=O) groups excluding carboxylic acids is 2. The number of nitrogens with one attached hydrogen (secondary N) is 2. The Kier molecular flexibility index (Phi) is 7.25. The normalized spacial score (nSPS) is 14.5. The lowest BCUT2D eigenvalue weighted by Crippen LogP contribution is -2.45. The highest BCUT2D eigenvalue weighted by Crippen LogP contribution is 2.20. The number of piperidine rings is 1. The minimum Gasteiger partial charge on any atom is -0.496 e. The molecule has 0 atom stereocenters. The lowest BCUT2D eigenvalue weighted by molar-refractivity contribution is -0.131. The van der Waals surface area contributed by atoms with E-state index in [9.17, 15) is 9.59 Å².